The lowest BCUT2D eigenvalue weighted by atomic mass is 9.96. The summed E-state index contributed by atoms with van der Waals surface area (Å²) < 4.78 is 5.03. The van der Waals surface area contributed by atoms with E-state index in [-0.39, 0.29) is 5.97 Å². The zero-order valence-electron chi connectivity index (χ0n) is 10.9. The molecule has 17 heavy (non-hydrogen) atoms. The molecule has 0 spiro atoms. The van der Waals surface area contributed by atoms with Crippen LogP contribution in [0.3, 0.4) is 0 Å². The molecule has 2 rings (SSSR count). The van der Waals surface area contributed by atoms with E-state index in [1.807, 2.05) is 6.92 Å². The molecule has 98 valence electrons. The second-order valence-corrected chi connectivity index (χ2v) is 5.42. The molecule has 0 saturated carbocycles. The number of fused-ring (bicyclic) bond motifs is 2. The van der Waals surface area contributed by atoms with Crippen molar-refractivity contribution in [3.05, 3.63) is 0 Å². The number of rotatable bonds is 4. The first-order valence-electron chi connectivity index (χ1n) is 6.80. The van der Waals surface area contributed by atoms with E-state index in [4.69, 9.17) is 10.5 Å². The third-order valence-corrected chi connectivity index (χ3v) is 4.10. The Kier molecular flexibility index (Phi) is 4.05. The van der Waals surface area contributed by atoms with E-state index in [1.54, 1.807) is 0 Å². The van der Waals surface area contributed by atoms with Gasteiger partial charge in [0, 0.05) is 24.2 Å². The highest BCUT2D eigenvalue weighted by Crippen LogP contribution is 2.37. The molecule has 0 aromatic carbocycles. The number of nitrogens with two attached hydrogens (primary N) is 1. The molecular weight excluding hydrogens is 216 g/mol. The summed E-state index contributed by atoms with van der Waals surface area (Å²) in [5, 5.41) is 0. The summed E-state index contributed by atoms with van der Waals surface area (Å²) in [7, 11) is 0. The van der Waals surface area contributed by atoms with Crippen LogP contribution < -0.4 is 5.73 Å². The molecule has 2 aliphatic heterocycles. The van der Waals surface area contributed by atoms with Crippen molar-refractivity contribution in [3.63, 3.8) is 0 Å². The van der Waals surface area contributed by atoms with Gasteiger partial charge >= 0.3 is 5.97 Å². The first kappa shape index (κ1) is 12.8. The minimum atomic E-state index is -0.0747. The maximum Gasteiger partial charge on any atom is 0.307 e. The Morgan fingerprint density at radius 3 is 2.53 bits per heavy atom. The maximum absolute atomic E-state index is 11.5. The van der Waals surface area contributed by atoms with E-state index in [9.17, 15) is 4.79 Å². The lowest BCUT2D eigenvalue weighted by molar-refractivity contribution is -0.144. The molecule has 3 atom stereocenters. The van der Waals surface area contributed by atoms with Crippen molar-refractivity contribution in [1.82, 2.24) is 4.90 Å². The van der Waals surface area contributed by atoms with E-state index in [1.165, 1.54) is 12.8 Å². The molecule has 2 saturated heterocycles. The summed E-state index contributed by atoms with van der Waals surface area (Å²) in [5.74, 6) is -0.0747. The van der Waals surface area contributed by atoms with E-state index >= 15 is 0 Å². The van der Waals surface area contributed by atoms with Gasteiger partial charge in [-0.25, -0.2) is 0 Å². The van der Waals surface area contributed by atoms with Crippen LogP contribution in [-0.2, 0) is 9.53 Å². The van der Waals surface area contributed by atoms with E-state index in [0.29, 0.717) is 37.2 Å². The van der Waals surface area contributed by atoms with Gasteiger partial charge in [-0.3, -0.25) is 9.69 Å². The lowest BCUT2D eigenvalue weighted by Gasteiger charge is -2.41. The SMILES string of the molecule is CCOC(=O)CC(C)N1C2CCC1CC(N)C2. The molecule has 2 aliphatic rings. The Bertz CT molecular complexity index is 269. The van der Waals surface area contributed by atoms with Gasteiger partial charge in [0.15, 0.2) is 0 Å². The fourth-order valence-electron chi connectivity index (χ4n) is 3.54. The van der Waals surface area contributed by atoms with Crippen molar-refractivity contribution in [2.75, 3.05) is 6.61 Å². The summed E-state index contributed by atoms with van der Waals surface area (Å²) >= 11 is 0. The molecule has 3 unspecified atom stereocenters. The number of nitrogens with zero attached hydrogens (tertiary/aromatic N) is 1. The summed E-state index contributed by atoms with van der Waals surface area (Å²) in [5.41, 5.74) is 6.05. The van der Waals surface area contributed by atoms with Gasteiger partial charge in [0.2, 0.25) is 0 Å². The van der Waals surface area contributed by atoms with Gasteiger partial charge in [-0.1, -0.05) is 0 Å². The Morgan fingerprint density at radius 2 is 2.00 bits per heavy atom. The molecule has 0 amide bonds. The highest BCUT2D eigenvalue weighted by atomic mass is 16.5. The quantitative estimate of drug-likeness (QED) is 0.752. The van der Waals surface area contributed by atoms with Gasteiger partial charge in [0.05, 0.1) is 13.0 Å². The predicted molar refractivity (Wildman–Crippen MR) is 66.6 cm³/mol. The van der Waals surface area contributed by atoms with Crippen LogP contribution in [0.25, 0.3) is 0 Å². The van der Waals surface area contributed by atoms with Crippen molar-refractivity contribution in [2.45, 2.75) is 70.1 Å². The van der Waals surface area contributed by atoms with Crippen LogP contribution in [0.2, 0.25) is 0 Å². The second kappa shape index (κ2) is 5.36. The van der Waals surface area contributed by atoms with Crippen molar-refractivity contribution < 1.29 is 9.53 Å². The Hall–Kier alpha value is -0.610. The molecule has 4 nitrogen and oxygen atoms in total. The summed E-state index contributed by atoms with van der Waals surface area (Å²) in [4.78, 5) is 14.0. The second-order valence-electron chi connectivity index (χ2n) is 5.42. The standard InChI is InChI=1S/C13H24N2O2/c1-3-17-13(16)6-9(2)15-11-4-5-12(15)8-10(14)7-11/h9-12H,3-8,14H2,1-2H3. The highest BCUT2D eigenvalue weighted by molar-refractivity contribution is 5.70. The van der Waals surface area contributed by atoms with Gasteiger partial charge < -0.3 is 10.5 Å². The first-order chi connectivity index (χ1) is 8.11. The summed E-state index contributed by atoms with van der Waals surface area (Å²) in [6, 6.07) is 1.83. The fourth-order valence-corrected chi connectivity index (χ4v) is 3.54. The largest absolute Gasteiger partial charge is 0.466 e. The Labute approximate surface area is 103 Å². The number of carbonyl (C=O) groups is 1. The van der Waals surface area contributed by atoms with Crippen LogP contribution in [0.15, 0.2) is 0 Å². The molecule has 2 fully saturated rings. The van der Waals surface area contributed by atoms with Gasteiger partial charge in [0.1, 0.15) is 0 Å². The number of piperidine rings is 1. The smallest absolute Gasteiger partial charge is 0.307 e. The predicted octanol–water partition coefficient (Wildman–Crippen LogP) is 1.28. The van der Waals surface area contributed by atoms with E-state index in [2.05, 4.69) is 11.8 Å². The first-order valence-corrected chi connectivity index (χ1v) is 6.80. The van der Waals surface area contributed by atoms with E-state index in [0.717, 1.165) is 12.8 Å². The molecule has 0 aromatic rings. The molecule has 0 aromatic heterocycles. The third kappa shape index (κ3) is 2.80. The van der Waals surface area contributed by atoms with Gasteiger partial charge in [-0.2, -0.15) is 0 Å². The number of hydrogen-bond donors (Lipinski definition) is 1. The van der Waals surface area contributed by atoms with Gasteiger partial charge in [0.25, 0.3) is 0 Å². The zero-order chi connectivity index (χ0) is 12.4. The number of ether oxygens (including phenoxy) is 1. The van der Waals surface area contributed by atoms with Gasteiger partial charge in [-0.05, 0) is 39.5 Å². The van der Waals surface area contributed by atoms with Crippen LogP contribution in [0.4, 0.5) is 0 Å². The molecule has 2 heterocycles. The van der Waals surface area contributed by atoms with Gasteiger partial charge in [-0.15, -0.1) is 0 Å². The molecule has 0 radical (unpaired) electrons. The molecule has 0 aliphatic carbocycles. The monoisotopic (exact) mass is 240 g/mol. The number of hydrogen-bond acceptors (Lipinski definition) is 4. The number of carbonyl (C=O) groups excluding carboxylic acids is 1. The normalized spacial score (nSPS) is 34.6. The fraction of sp³-hybridized carbons (Fsp3) is 0.923. The Balaban J connectivity index is 1.91. The molecule has 2 N–H and O–H groups in total. The van der Waals surface area contributed by atoms with Crippen LogP contribution >= 0.6 is 0 Å². The molecule has 4 heteroatoms. The minimum Gasteiger partial charge on any atom is -0.466 e. The van der Waals surface area contributed by atoms with Crippen molar-refractivity contribution in [2.24, 2.45) is 5.73 Å². The van der Waals surface area contributed by atoms with Crippen molar-refractivity contribution in [3.8, 4) is 0 Å². The molecule has 2 bridgehead atoms. The minimum absolute atomic E-state index is 0.0747. The zero-order valence-corrected chi connectivity index (χ0v) is 10.9. The number of esters is 1. The van der Waals surface area contributed by atoms with Crippen LogP contribution in [0, 0.1) is 0 Å². The van der Waals surface area contributed by atoms with Crippen LogP contribution in [0.1, 0.15) is 46.0 Å². The Morgan fingerprint density at radius 1 is 1.41 bits per heavy atom. The topological polar surface area (TPSA) is 55.6 Å². The van der Waals surface area contributed by atoms with Crippen LogP contribution in [0.5, 0.6) is 0 Å². The summed E-state index contributed by atoms with van der Waals surface area (Å²) in [6.07, 6.45) is 5.17. The third-order valence-electron chi connectivity index (χ3n) is 4.10. The summed E-state index contributed by atoms with van der Waals surface area (Å²) in [6.45, 7) is 4.47. The average Bonchev–Trinajstić information content (AvgIpc) is 2.51. The highest BCUT2D eigenvalue weighted by Gasteiger charge is 2.42. The van der Waals surface area contributed by atoms with E-state index < -0.39 is 0 Å². The lowest BCUT2D eigenvalue weighted by Crippen LogP contribution is -2.51. The van der Waals surface area contributed by atoms with Crippen molar-refractivity contribution >= 4 is 5.97 Å². The maximum atomic E-state index is 11.5. The average molecular weight is 240 g/mol. The van der Waals surface area contributed by atoms with Crippen molar-refractivity contribution in [1.29, 1.82) is 0 Å². The molecular formula is C13H24N2O2. The van der Waals surface area contributed by atoms with Crippen LogP contribution in [-0.4, -0.2) is 41.6 Å².